The summed E-state index contributed by atoms with van der Waals surface area (Å²) in [5.41, 5.74) is 13.9. The maximum atomic E-state index is 15.4. The Labute approximate surface area is 377 Å². The molecule has 11 rings (SSSR count). The lowest BCUT2D eigenvalue weighted by atomic mass is 9.67. The Balaban J connectivity index is 1.37. The summed E-state index contributed by atoms with van der Waals surface area (Å²) < 4.78 is 37.6. The van der Waals surface area contributed by atoms with E-state index in [9.17, 15) is 0 Å². The molecule has 0 radical (unpaired) electrons. The summed E-state index contributed by atoms with van der Waals surface area (Å²) in [4.78, 5) is 4.27. The smallest absolute Gasteiger partial charge is 0.160 e. The van der Waals surface area contributed by atoms with Crippen LogP contribution in [0.15, 0.2) is 223 Å². The normalized spacial score (nSPS) is 13.0. The second-order valence-electron chi connectivity index (χ2n) is 17.0. The second kappa shape index (κ2) is 15.7. The number of para-hydroxylation sites is 1. The number of hydrogen-bond donors (Lipinski definition) is 0. The molecule has 1 aliphatic carbocycles. The topological polar surface area (TPSA) is 19.6 Å². The van der Waals surface area contributed by atoms with Crippen molar-refractivity contribution in [1.29, 1.82) is 0 Å². The molecule has 0 aliphatic heterocycles. The lowest BCUT2D eigenvalue weighted by molar-refractivity contribution is 0.628. The Morgan fingerprint density at radius 1 is 0.554 bits per heavy atom. The molecule has 3 nitrogen and oxygen atoms in total. The maximum Gasteiger partial charge on any atom is 0.160 e. The van der Waals surface area contributed by atoms with Crippen molar-refractivity contribution in [2.24, 2.45) is 0 Å². The molecule has 9 aromatic carbocycles. The standard InChI is InChI=1S/C60H44F2N2O/c1-38-26-30-45(31-27-38)63(41(4)34-40(3)61)54-37-52-58(57-50-24-13-14-25-55(50)65-59(54)57)56-49-23-12-11-22-48(49)53(64(46-32-28-39(2)29-33-46)47-21-15-20-44(62)35-47)36-51(56)60(52,42-16-7-5-8-17-42)43-18-9-6-10-19-43/h5-37H,3H2,1-2,4H3/b41-34+. The van der Waals surface area contributed by atoms with Gasteiger partial charge in [-0.15, -0.1) is 0 Å². The van der Waals surface area contributed by atoms with E-state index in [0.717, 1.165) is 94.4 Å². The zero-order valence-corrected chi connectivity index (χ0v) is 36.3. The van der Waals surface area contributed by atoms with Crippen LogP contribution < -0.4 is 9.80 Å². The average Bonchev–Trinajstić information content (AvgIpc) is 3.85. The van der Waals surface area contributed by atoms with Gasteiger partial charge in [-0.25, -0.2) is 8.78 Å². The molecule has 1 aromatic heterocycles. The van der Waals surface area contributed by atoms with Gasteiger partial charge in [0.15, 0.2) is 5.58 Å². The lowest BCUT2D eigenvalue weighted by Crippen LogP contribution is -2.29. The third-order valence-electron chi connectivity index (χ3n) is 13.0. The molecule has 0 atom stereocenters. The number of benzene rings is 9. The first kappa shape index (κ1) is 39.8. The second-order valence-corrected chi connectivity index (χ2v) is 17.0. The van der Waals surface area contributed by atoms with Gasteiger partial charge in [0.2, 0.25) is 0 Å². The molecular formula is C60H44F2N2O. The van der Waals surface area contributed by atoms with Crippen molar-refractivity contribution in [2.75, 3.05) is 9.80 Å². The molecule has 0 fully saturated rings. The first-order chi connectivity index (χ1) is 31.7. The van der Waals surface area contributed by atoms with E-state index in [1.165, 1.54) is 12.1 Å². The zero-order valence-electron chi connectivity index (χ0n) is 36.3. The van der Waals surface area contributed by atoms with E-state index in [1.54, 1.807) is 12.1 Å². The number of fused-ring (bicyclic) bond motifs is 9. The number of furan rings is 1. The van der Waals surface area contributed by atoms with Crippen molar-refractivity contribution < 1.29 is 13.2 Å². The van der Waals surface area contributed by atoms with E-state index in [0.29, 0.717) is 17.0 Å². The summed E-state index contributed by atoms with van der Waals surface area (Å²) in [5.74, 6) is -0.867. The molecule has 0 saturated heterocycles. The van der Waals surface area contributed by atoms with Gasteiger partial charge in [0.25, 0.3) is 0 Å². The van der Waals surface area contributed by atoms with Gasteiger partial charge in [-0.1, -0.05) is 151 Å². The van der Waals surface area contributed by atoms with Gasteiger partial charge in [-0.2, -0.15) is 0 Å². The van der Waals surface area contributed by atoms with E-state index in [2.05, 4.69) is 188 Å². The third-order valence-corrected chi connectivity index (χ3v) is 13.0. The van der Waals surface area contributed by atoms with Crippen LogP contribution in [0.1, 0.15) is 40.3 Å². The summed E-state index contributed by atoms with van der Waals surface area (Å²) in [6, 6.07) is 66.3. The molecule has 0 amide bonds. The van der Waals surface area contributed by atoms with Crippen LogP contribution in [-0.4, -0.2) is 0 Å². The Hall–Kier alpha value is -8.02. The summed E-state index contributed by atoms with van der Waals surface area (Å²) in [7, 11) is 0. The van der Waals surface area contributed by atoms with Crippen LogP contribution in [0.4, 0.5) is 37.2 Å². The molecule has 1 heterocycles. The number of rotatable bonds is 9. The van der Waals surface area contributed by atoms with Crippen molar-refractivity contribution in [3.63, 3.8) is 0 Å². The highest BCUT2D eigenvalue weighted by atomic mass is 19.1. The number of allylic oxidation sites excluding steroid dienone is 3. The van der Waals surface area contributed by atoms with Crippen LogP contribution in [0.5, 0.6) is 0 Å². The van der Waals surface area contributed by atoms with Gasteiger partial charge in [-0.3, -0.25) is 0 Å². The van der Waals surface area contributed by atoms with E-state index in [-0.39, 0.29) is 5.82 Å². The van der Waals surface area contributed by atoms with Crippen LogP contribution in [0.25, 0.3) is 43.8 Å². The van der Waals surface area contributed by atoms with Crippen molar-refractivity contribution >= 4 is 61.1 Å². The number of halogens is 2. The zero-order chi connectivity index (χ0) is 44.4. The number of anilines is 5. The fourth-order valence-corrected chi connectivity index (χ4v) is 10.3. The summed E-state index contributed by atoms with van der Waals surface area (Å²) in [6.45, 7) is 9.70. The molecule has 314 valence electrons. The number of nitrogens with zero attached hydrogens (tertiary/aromatic N) is 2. The van der Waals surface area contributed by atoms with E-state index in [4.69, 9.17) is 4.42 Å². The van der Waals surface area contributed by atoms with Crippen LogP contribution in [0.2, 0.25) is 0 Å². The SMILES string of the molecule is C=C(F)/C=C(\C)N(c1ccc(C)cc1)c1cc2c(c3c1oc1ccccc13)-c1c(cc(N(c3ccc(C)cc3)c3cccc(F)c3)c3ccccc13)C2(c1ccccc1)c1ccccc1. The Bertz CT molecular complexity index is 3460. The Kier molecular flexibility index (Phi) is 9.58. The molecule has 10 aromatic rings. The molecule has 1 aliphatic rings. The minimum absolute atomic E-state index is 0.319. The van der Waals surface area contributed by atoms with E-state index >= 15 is 8.78 Å². The lowest BCUT2D eigenvalue weighted by Gasteiger charge is -2.36. The van der Waals surface area contributed by atoms with Crippen LogP contribution in [-0.2, 0) is 5.41 Å². The summed E-state index contributed by atoms with van der Waals surface area (Å²) in [6.07, 6.45) is 1.48. The van der Waals surface area contributed by atoms with Gasteiger partial charge in [0, 0.05) is 38.9 Å². The van der Waals surface area contributed by atoms with Crippen molar-refractivity contribution in [2.45, 2.75) is 26.2 Å². The predicted molar refractivity (Wildman–Crippen MR) is 265 cm³/mol. The summed E-state index contributed by atoms with van der Waals surface area (Å²) >= 11 is 0. The predicted octanol–water partition coefficient (Wildman–Crippen LogP) is 16.9. The van der Waals surface area contributed by atoms with E-state index < -0.39 is 11.2 Å². The van der Waals surface area contributed by atoms with Gasteiger partial charge in [0.05, 0.1) is 16.8 Å². The Morgan fingerprint density at radius 2 is 1.11 bits per heavy atom. The average molecular weight is 847 g/mol. The minimum Gasteiger partial charge on any atom is -0.454 e. The van der Waals surface area contributed by atoms with Gasteiger partial charge in [0.1, 0.15) is 17.2 Å². The molecular weight excluding hydrogens is 803 g/mol. The fourth-order valence-electron chi connectivity index (χ4n) is 10.3. The van der Waals surface area contributed by atoms with Gasteiger partial charge in [-0.05, 0) is 126 Å². The first-order valence-electron chi connectivity index (χ1n) is 21.9. The fraction of sp³-hybridized carbons (Fsp3) is 0.0667. The minimum atomic E-state index is -0.908. The van der Waals surface area contributed by atoms with Crippen molar-refractivity contribution in [1.82, 2.24) is 0 Å². The molecule has 0 bridgehead atoms. The molecule has 0 unspecified atom stereocenters. The molecule has 0 N–H and O–H groups in total. The van der Waals surface area contributed by atoms with Crippen LogP contribution in [0.3, 0.4) is 0 Å². The maximum absolute atomic E-state index is 15.4. The monoisotopic (exact) mass is 846 g/mol. The van der Waals surface area contributed by atoms with Crippen LogP contribution in [0, 0.1) is 19.7 Å². The Morgan fingerprint density at radius 3 is 1.74 bits per heavy atom. The molecule has 65 heavy (non-hydrogen) atoms. The van der Waals surface area contributed by atoms with Gasteiger partial charge >= 0.3 is 0 Å². The summed E-state index contributed by atoms with van der Waals surface area (Å²) in [5, 5.41) is 3.98. The third kappa shape index (κ3) is 6.37. The van der Waals surface area contributed by atoms with E-state index in [1.807, 2.05) is 25.1 Å². The highest BCUT2D eigenvalue weighted by Gasteiger charge is 2.49. The van der Waals surface area contributed by atoms with Crippen LogP contribution >= 0.6 is 0 Å². The highest BCUT2D eigenvalue weighted by Crippen LogP contribution is 2.63. The quantitative estimate of drug-likeness (QED) is 0.135. The van der Waals surface area contributed by atoms with Gasteiger partial charge < -0.3 is 14.2 Å². The number of hydrogen-bond acceptors (Lipinski definition) is 3. The van der Waals surface area contributed by atoms with Crippen molar-refractivity contribution in [3.05, 3.63) is 258 Å². The molecule has 0 saturated carbocycles. The molecule has 0 spiro atoms. The highest BCUT2D eigenvalue weighted by molar-refractivity contribution is 6.23. The largest absolute Gasteiger partial charge is 0.454 e. The number of aryl methyl sites for hydroxylation is 2. The molecule has 5 heteroatoms. The van der Waals surface area contributed by atoms with Crippen molar-refractivity contribution in [3.8, 4) is 11.1 Å². The first-order valence-corrected chi connectivity index (χ1v) is 21.9.